The molecule has 0 aliphatic carbocycles. The molecule has 2 rings (SSSR count). The van der Waals surface area contributed by atoms with Crippen molar-refractivity contribution in [2.45, 2.75) is 13.3 Å². The smallest absolute Gasteiger partial charge is 0.339 e. The lowest BCUT2D eigenvalue weighted by Crippen LogP contribution is -2.05. The summed E-state index contributed by atoms with van der Waals surface area (Å²) in [6.45, 7) is 1.93. The number of hydrogen-bond acceptors (Lipinski definition) is 3. The van der Waals surface area contributed by atoms with Gasteiger partial charge in [-0.3, -0.25) is 0 Å². The Kier molecular flexibility index (Phi) is 2.46. The summed E-state index contributed by atoms with van der Waals surface area (Å²) in [5.74, 6) is 0.690. The minimum atomic E-state index is -0.266. The second-order valence-electron chi connectivity index (χ2n) is 3.32. The van der Waals surface area contributed by atoms with Gasteiger partial charge in [-0.25, -0.2) is 4.79 Å². The zero-order valence-corrected chi connectivity index (χ0v) is 8.74. The molecule has 78 valence electrons. The summed E-state index contributed by atoms with van der Waals surface area (Å²) in [7, 11) is 1.58. The molecule has 15 heavy (non-hydrogen) atoms. The second-order valence-corrected chi connectivity index (χ2v) is 3.32. The molecule has 0 atom stereocenters. The van der Waals surface area contributed by atoms with Gasteiger partial charge in [0.1, 0.15) is 11.3 Å². The second kappa shape index (κ2) is 3.77. The lowest BCUT2D eigenvalue weighted by atomic mass is 10.1. The van der Waals surface area contributed by atoms with Gasteiger partial charge < -0.3 is 9.15 Å². The van der Waals surface area contributed by atoms with E-state index in [1.165, 1.54) is 0 Å². The fourth-order valence-corrected chi connectivity index (χ4v) is 1.51. The Hall–Kier alpha value is -1.77. The Labute approximate surface area is 87.3 Å². The largest absolute Gasteiger partial charge is 0.497 e. The van der Waals surface area contributed by atoms with Crippen LogP contribution < -0.4 is 10.4 Å². The highest BCUT2D eigenvalue weighted by molar-refractivity contribution is 5.78. The molecule has 0 aliphatic rings. The molecule has 0 saturated carbocycles. The SMILES string of the molecule is CCc1cc2ccc(OC)cc2oc1=O. The van der Waals surface area contributed by atoms with Crippen molar-refractivity contribution >= 4 is 11.0 Å². The van der Waals surface area contributed by atoms with Crippen LogP contribution in [0.4, 0.5) is 0 Å². The number of fused-ring (bicyclic) bond motifs is 1. The number of hydrogen-bond donors (Lipinski definition) is 0. The summed E-state index contributed by atoms with van der Waals surface area (Å²) in [6, 6.07) is 7.31. The molecule has 0 unspecified atom stereocenters. The maximum Gasteiger partial charge on any atom is 0.339 e. The van der Waals surface area contributed by atoms with Crippen LogP contribution in [0.2, 0.25) is 0 Å². The van der Waals surface area contributed by atoms with Crippen LogP contribution in [0.1, 0.15) is 12.5 Å². The minimum Gasteiger partial charge on any atom is -0.497 e. The van der Waals surface area contributed by atoms with Gasteiger partial charge >= 0.3 is 5.63 Å². The predicted octanol–water partition coefficient (Wildman–Crippen LogP) is 2.36. The summed E-state index contributed by atoms with van der Waals surface area (Å²) < 4.78 is 10.2. The van der Waals surface area contributed by atoms with Gasteiger partial charge in [-0.05, 0) is 24.6 Å². The highest BCUT2D eigenvalue weighted by Gasteiger charge is 2.04. The van der Waals surface area contributed by atoms with Crippen molar-refractivity contribution < 1.29 is 9.15 Å². The van der Waals surface area contributed by atoms with E-state index in [-0.39, 0.29) is 5.63 Å². The molecule has 0 fully saturated rings. The van der Waals surface area contributed by atoms with E-state index in [0.717, 1.165) is 5.39 Å². The first-order valence-corrected chi connectivity index (χ1v) is 4.85. The first kappa shape index (κ1) is 9.77. The average Bonchev–Trinajstić information content (AvgIpc) is 2.27. The van der Waals surface area contributed by atoms with Crippen LogP contribution in [0, 0.1) is 0 Å². The van der Waals surface area contributed by atoms with E-state index in [1.54, 1.807) is 13.2 Å². The van der Waals surface area contributed by atoms with Gasteiger partial charge in [0, 0.05) is 17.0 Å². The minimum absolute atomic E-state index is 0.266. The third-order valence-electron chi connectivity index (χ3n) is 2.40. The van der Waals surface area contributed by atoms with Gasteiger partial charge in [0.25, 0.3) is 0 Å². The normalized spacial score (nSPS) is 10.5. The standard InChI is InChI=1S/C12H12O3/c1-3-8-6-9-4-5-10(14-2)7-11(9)15-12(8)13/h4-7H,3H2,1-2H3. The van der Waals surface area contributed by atoms with Crippen LogP contribution in [0.3, 0.4) is 0 Å². The highest BCUT2D eigenvalue weighted by Crippen LogP contribution is 2.20. The molecular formula is C12H12O3. The fourth-order valence-electron chi connectivity index (χ4n) is 1.51. The summed E-state index contributed by atoms with van der Waals surface area (Å²) >= 11 is 0. The maximum atomic E-state index is 11.5. The molecule has 3 nitrogen and oxygen atoms in total. The monoisotopic (exact) mass is 204 g/mol. The molecule has 0 radical (unpaired) electrons. The summed E-state index contributed by atoms with van der Waals surface area (Å²) in [5.41, 5.74) is 1.00. The molecule has 1 heterocycles. The third-order valence-corrected chi connectivity index (χ3v) is 2.40. The summed E-state index contributed by atoms with van der Waals surface area (Å²) in [4.78, 5) is 11.5. The Morgan fingerprint density at radius 2 is 2.13 bits per heavy atom. The zero-order chi connectivity index (χ0) is 10.8. The highest BCUT2D eigenvalue weighted by atomic mass is 16.5. The van der Waals surface area contributed by atoms with E-state index >= 15 is 0 Å². The molecule has 0 bridgehead atoms. The first-order valence-electron chi connectivity index (χ1n) is 4.85. The first-order chi connectivity index (χ1) is 7.24. The van der Waals surface area contributed by atoms with Gasteiger partial charge in [0.15, 0.2) is 0 Å². The molecule has 1 aromatic carbocycles. The van der Waals surface area contributed by atoms with E-state index in [9.17, 15) is 4.79 Å². The van der Waals surface area contributed by atoms with Gasteiger partial charge in [0.2, 0.25) is 0 Å². The number of benzene rings is 1. The van der Waals surface area contributed by atoms with Crippen LogP contribution in [0.25, 0.3) is 11.0 Å². The molecule has 1 aromatic heterocycles. The fraction of sp³-hybridized carbons (Fsp3) is 0.250. The zero-order valence-electron chi connectivity index (χ0n) is 8.74. The van der Waals surface area contributed by atoms with E-state index in [2.05, 4.69) is 0 Å². The van der Waals surface area contributed by atoms with Crippen molar-refractivity contribution in [2.24, 2.45) is 0 Å². The lowest BCUT2D eigenvalue weighted by Gasteiger charge is -2.02. The quantitative estimate of drug-likeness (QED) is 0.705. The Balaban J connectivity index is 2.70. The van der Waals surface area contributed by atoms with Crippen LogP contribution >= 0.6 is 0 Å². The summed E-state index contributed by atoms with van der Waals surface area (Å²) in [6.07, 6.45) is 0.685. The Bertz CT molecular complexity index is 540. The molecule has 0 N–H and O–H groups in total. The van der Waals surface area contributed by atoms with E-state index in [4.69, 9.17) is 9.15 Å². The van der Waals surface area contributed by atoms with Crippen molar-refractivity contribution in [3.8, 4) is 5.75 Å². The van der Waals surface area contributed by atoms with Crippen LogP contribution in [0.15, 0.2) is 33.5 Å². The number of rotatable bonds is 2. The van der Waals surface area contributed by atoms with Crippen molar-refractivity contribution in [1.82, 2.24) is 0 Å². The predicted molar refractivity (Wildman–Crippen MR) is 58.4 cm³/mol. The summed E-state index contributed by atoms with van der Waals surface area (Å²) in [5, 5.41) is 0.923. The topological polar surface area (TPSA) is 39.4 Å². The van der Waals surface area contributed by atoms with Crippen molar-refractivity contribution in [3.05, 3.63) is 40.2 Å². The molecular weight excluding hydrogens is 192 g/mol. The molecule has 0 amide bonds. The van der Waals surface area contributed by atoms with Gasteiger partial charge in [-0.2, -0.15) is 0 Å². The molecule has 0 aliphatic heterocycles. The Morgan fingerprint density at radius 3 is 2.80 bits per heavy atom. The van der Waals surface area contributed by atoms with E-state index in [1.807, 2.05) is 25.1 Å². The van der Waals surface area contributed by atoms with Crippen molar-refractivity contribution in [3.63, 3.8) is 0 Å². The number of aryl methyl sites for hydroxylation is 1. The van der Waals surface area contributed by atoms with Crippen LogP contribution in [0.5, 0.6) is 5.75 Å². The van der Waals surface area contributed by atoms with Crippen LogP contribution in [-0.4, -0.2) is 7.11 Å². The molecule has 3 heteroatoms. The van der Waals surface area contributed by atoms with Crippen molar-refractivity contribution in [2.75, 3.05) is 7.11 Å². The maximum absolute atomic E-state index is 11.5. The van der Waals surface area contributed by atoms with Crippen LogP contribution in [-0.2, 0) is 6.42 Å². The van der Waals surface area contributed by atoms with Crippen molar-refractivity contribution in [1.29, 1.82) is 0 Å². The number of methoxy groups -OCH3 is 1. The lowest BCUT2D eigenvalue weighted by molar-refractivity contribution is 0.414. The average molecular weight is 204 g/mol. The van der Waals surface area contributed by atoms with E-state index in [0.29, 0.717) is 23.3 Å². The van der Waals surface area contributed by atoms with Gasteiger partial charge in [-0.1, -0.05) is 6.92 Å². The third kappa shape index (κ3) is 1.73. The van der Waals surface area contributed by atoms with Gasteiger partial charge in [-0.15, -0.1) is 0 Å². The molecule has 0 saturated heterocycles. The molecule has 2 aromatic rings. The van der Waals surface area contributed by atoms with E-state index < -0.39 is 0 Å². The Morgan fingerprint density at radius 1 is 1.33 bits per heavy atom. The molecule has 0 spiro atoms. The van der Waals surface area contributed by atoms with Gasteiger partial charge in [0.05, 0.1) is 7.11 Å². The number of ether oxygens (including phenoxy) is 1.